The van der Waals surface area contributed by atoms with E-state index in [0.29, 0.717) is 0 Å². The highest BCUT2D eigenvalue weighted by atomic mass is 16.5. The van der Waals surface area contributed by atoms with Crippen LogP contribution < -0.4 is 9.64 Å². The Kier molecular flexibility index (Phi) is 8.22. The van der Waals surface area contributed by atoms with Crippen LogP contribution in [0.5, 0.6) is 11.5 Å². The molecule has 0 saturated heterocycles. The first kappa shape index (κ1) is 36.0. The molecule has 0 spiro atoms. The van der Waals surface area contributed by atoms with Gasteiger partial charge < -0.3 is 9.64 Å². The Morgan fingerprint density at radius 1 is 0.367 bits per heavy atom. The van der Waals surface area contributed by atoms with Gasteiger partial charge in [-0.15, -0.1) is 0 Å². The third-order valence-electron chi connectivity index (χ3n) is 13.2. The first-order chi connectivity index (χ1) is 29.3. The highest BCUT2D eigenvalue weighted by Crippen LogP contribution is 2.54. The SMILES string of the molecule is CC1(C)c2ccccc2-c2ccc(-c3ccc(N(c4ccc(-c5ccc(-c6cccc7ccccc67)cc5)cc4)c4cccc5c4Oc4ccccc4C5(C)C)cc3)cc21. The van der Waals surface area contributed by atoms with Gasteiger partial charge in [-0.25, -0.2) is 0 Å². The van der Waals surface area contributed by atoms with Gasteiger partial charge in [0.1, 0.15) is 5.75 Å². The summed E-state index contributed by atoms with van der Waals surface area (Å²) < 4.78 is 6.88. The predicted octanol–water partition coefficient (Wildman–Crippen LogP) is 16.0. The van der Waals surface area contributed by atoms with Crippen LogP contribution in [0.3, 0.4) is 0 Å². The Bertz CT molecular complexity index is 3090. The van der Waals surface area contributed by atoms with E-state index >= 15 is 0 Å². The van der Waals surface area contributed by atoms with Crippen LogP contribution in [-0.2, 0) is 10.8 Å². The van der Waals surface area contributed by atoms with E-state index in [1.54, 1.807) is 0 Å². The van der Waals surface area contributed by atoms with Crippen LogP contribution in [0, 0.1) is 0 Å². The van der Waals surface area contributed by atoms with Crippen molar-refractivity contribution in [3.05, 3.63) is 222 Å². The summed E-state index contributed by atoms with van der Waals surface area (Å²) in [6, 6.07) is 72.9. The highest BCUT2D eigenvalue weighted by Gasteiger charge is 2.37. The van der Waals surface area contributed by atoms with Crippen molar-refractivity contribution in [2.75, 3.05) is 4.90 Å². The molecular formula is C58H45NO. The number of hydrogen-bond donors (Lipinski definition) is 0. The average Bonchev–Trinajstić information content (AvgIpc) is 3.52. The zero-order valence-corrected chi connectivity index (χ0v) is 34.4. The number of benzene rings is 9. The first-order valence-corrected chi connectivity index (χ1v) is 21.0. The van der Waals surface area contributed by atoms with E-state index in [0.717, 1.165) is 28.6 Å². The summed E-state index contributed by atoms with van der Waals surface area (Å²) >= 11 is 0. The average molecular weight is 772 g/mol. The number of fused-ring (bicyclic) bond motifs is 6. The minimum absolute atomic E-state index is 0.0531. The number of nitrogens with zero attached hydrogens (tertiary/aromatic N) is 1. The maximum absolute atomic E-state index is 6.88. The van der Waals surface area contributed by atoms with Gasteiger partial charge in [0.05, 0.1) is 5.69 Å². The maximum Gasteiger partial charge on any atom is 0.155 e. The van der Waals surface area contributed by atoms with Crippen molar-refractivity contribution in [2.24, 2.45) is 0 Å². The molecule has 11 rings (SSSR count). The van der Waals surface area contributed by atoms with E-state index in [1.807, 2.05) is 0 Å². The topological polar surface area (TPSA) is 12.5 Å². The van der Waals surface area contributed by atoms with E-state index in [9.17, 15) is 0 Å². The van der Waals surface area contributed by atoms with Crippen LogP contribution in [0.2, 0.25) is 0 Å². The van der Waals surface area contributed by atoms with E-state index in [4.69, 9.17) is 4.74 Å². The van der Waals surface area contributed by atoms with E-state index in [2.05, 4.69) is 233 Å². The molecule has 60 heavy (non-hydrogen) atoms. The monoisotopic (exact) mass is 771 g/mol. The van der Waals surface area contributed by atoms with Gasteiger partial charge in [-0.05, 0) is 109 Å². The van der Waals surface area contributed by atoms with Gasteiger partial charge in [-0.2, -0.15) is 0 Å². The van der Waals surface area contributed by atoms with Crippen molar-refractivity contribution >= 4 is 27.8 Å². The Morgan fingerprint density at radius 3 is 1.62 bits per heavy atom. The fraction of sp³-hybridized carbons (Fsp3) is 0.103. The van der Waals surface area contributed by atoms with Gasteiger partial charge in [-0.1, -0.05) is 185 Å². The summed E-state index contributed by atoms with van der Waals surface area (Å²) in [5, 5.41) is 2.52. The van der Waals surface area contributed by atoms with Gasteiger partial charge in [0, 0.05) is 33.3 Å². The van der Waals surface area contributed by atoms with Crippen molar-refractivity contribution < 1.29 is 4.74 Å². The molecule has 288 valence electrons. The molecule has 2 heteroatoms. The molecule has 2 nitrogen and oxygen atoms in total. The third kappa shape index (κ3) is 5.70. The second kappa shape index (κ2) is 13.7. The molecule has 1 heterocycles. The molecular weight excluding hydrogens is 727 g/mol. The molecule has 0 fully saturated rings. The van der Waals surface area contributed by atoms with Gasteiger partial charge in [0.15, 0.2) is 5.75 Å². The van der Waals surface area contributed by atoms with Crippen molar-refractivity contribution in [2.45, 2.75) is 38.5 Å². The fourth-order valence-corrected chi connectivity index (χ4v) is 9.86. The lowest BCUT2D eigenvalue weighted by Gasteiger charge is -2.37. The molecule has 0 unspecified atom stereocenters. The van der Waals surface area contributed by atoms with E-state index in [-0.39, 0.29) is 10.8 Å². The Morgan fingerprint density at radius 2 is 0.867 bits per heavy atom. The molecule has 0 radical (unpaired) electrons. The molecule has 1 aliphatic heterocycles. The zero-order chi connectivity index (χ0) is 40.6. The molecule has 0 atom stereocenters. The van der Waals surface area contributed by atoms with Crippen molar-refractivity contribution in [1.29, 1.82) is 0 Å². The summed E-state index contributed by atoms with van der Waals surface area (Å²) in [6.07, 6.45) is 0. The van der Waals surface area contributed by atoms with Gasteiger partial charge in [-0.3, -0.25) is 0 Å². The smallest absolute Gasteiger partial charge is 0.155 e. The van der Waals surface area contributed by atoms with E-state index in [1.165, 1.54) is 77.5 Å². The normalized spacial score (nSPS) is 14.1. The minimum Gasteiger partial charge on any atom is -0.455 e. The summed E-state index contributed by atoms with van der Waals surface area (Å²) in [5.74, 6) is 1.79. The molecule has 0 N–H and O–H groups in total. The van der Waals surface area contributed by atoms with Gasteiger partial charge >= 0.3 is 0 Å². The van der Waals surface area contributed by atoms with Gasteiger partial charge in [0.2, 0.25) is 0 Å². The Balaban J connectivity index is 0.977. The quantitative estimate of drug-likeness (QED) is 0.167. The van der Waals surface area contributed by atoms with Gasteiger partial charge in [0.25, 0.3) is 0 Å². The summed E-state index contributed by atoms with van der Waals surface area (Å²) in [6.45, 7) is 9.29. The molecule has 2 aliphatic rings. The van der Waals surface area contributed by atoms with Crippen molar-refractivity contribution in [3.63, 3.8) is 0 Å². The largest absolute Gasteiger partial charge is 0.455 e. The lowest BCUT2D eigenvalue weighted by molar-refractivity contribution is 0.419. The third-order valence-corrected chi connectivity index (χ3v) is 13.2. The number of hydrogen-bond acceptors (Lipinski definition) is 2. The Hall–Kier alpha value is -7.16. The molecule has 0 bridgehead atoms. The fourth-order valence-electron chi connectivity index (χ4n) is 9.86. The van der Waals surface area contributed by atoms with Crippen LogP contribution in [0.1, 0.15) is 49.9 Å². The zero-order valence-electron chi connectivity index (χ0n) is 34.4. The van der Waals surface area contributed by atoms with Crippen LogP contribution in [-0.4, -0.2) is 0 Å². The summed E-state index contributed by atoms with van der Waals surface area (Å²) in [5.41, 5.74) is 17.9. The van der Waals surface area contributed by atoms with Crippen molar-refractivity contribution in [3.8, 4) is 56.0 Å². The lowest BCUT2D eigenvalue weighted by Crippen LogP contribution is -2.25. The second-order valence-electron chi connectivity index (χ2n) is 17.3. The Labute approximate surface area is 353 Å². The summed E-state index contributed by atoms with van der Waals surface area (Å²) in [7, 11) is 0. The molecule has 0 saturated carbocycles. The predicted molar refractivity (Wildman–Crippen MR) is 251 cm³/mol. The molecule has 9 aromatic carbocycles. The molecule has 0 aromatic heterocycles. The van der Waals surface area contributed by atoms with Crippen LogP contribution in [0.25, 0.3) is 55.3 Å². The first-order valence-electron chi connectivity index (χ1n) is 21.0. The van der Waals surface area contributed by atoms with Crippen LogP contribution in [0.15, 0.2) is 200 Å². The number of para-hydroxylation sites is 2. The van der Waals surface area contributed by atoms with Crippen molar-refractivity contribution in [1.82, 2.24) is 0 Å². The minimum atomic E-state index is -0.237. The summed E-state index contributed by atoms with van der Waals surface area (Å²) in [4.78, 5) is 2.35. The molecule has 1 aliphatic carbocycles. The molecule has 9 aromatic rings. The number of anilines is 3. The number of rotatable bonds is 6. The maximum atomic E-state index is 6.88. The molecule has 0 amide bonds. The lowest BCUT2D eigenvalue weighted by atomic mass is 9.75. The second-order valence-corrected chi connectivity index (χ2v) is 17.3. The van der Waals surface area contributed by atoms with Crippen LogP contribution in [0.4, 0.5) is 17.1 Å². The van der Waals surface area contributed by atoms with Crippen LogP contribution >= 0.6 is 0 Å². The highest BCUT2D eigenvalue weighted by molar-refractivity contribution is 5.97. The number of ether oxygens (including phenoxy) is 1. The van der Waals surface area contributed by atoms with E-state index < -0.39 is 0 Å². The standard InChI is InChI=1S/C58H45NO/c1-57(2)50-18-8-7-16-48(50)49-36-31-43(37-53(49)57)40-29-34-45(35-30-40)59(54-21-12-20-52-56(54)60-55-22-10-9-19-51(55)58(52,3)4)44-32-27-39(28-33-44)38-23-25-42(26-24-38)47-17-11-14-41-13-5-6-15-46(41)47/h5-37H,1-4H3.